The molecule has 0 aromatic heterocycles. The fourth-order valence-corrected chi connectivity index (χ4v) is 9.06. The number of hydrogen-bond acceptors (Lipinski definition) is 4. The van der Waals surface area contributed by atoms with Crippen LogP contribution in [0.25, 0.3) is 0 Å². The molecule has 0 aromatic carbocycles. The molecule has 0 spiro atoms. The monoisotopic (exact) mass is 341 g/mol. The molecule has 0 unspecified atom stereocenters. The Bertz CT molecular complexity index is 141. The van der Waals surface area contributed by atoms with Crippen molar-refractivity contribution in [3.63, 3.8) is 0 Å². The van der Waals surface area contributed by atoms with Gasteiger partial charge in [-0.15, -0.1) is 0 Å². The van der Waals surface area contributed by atoms with Gasteiger partial charge in [0.15, 0.2) is 0 Å². The van der Waals surface area contributed by atoms with Crippen LogP contribution in [0.1, 0.15) is 34.1 Å². The molecule has 0 bridgehead atoms. The van der Waals surface area contributed by atoms with E-state index >= 15 is 0 Å². The maximum atomic E-state index is 5.83. The Morgan fingerprint density at radius 2 is 1.38 bits per heavy atom. The van der Waals surface area contributed by atoms with Crippen molar-refractivity contribution in [2.24, 2.45) is 0 Å². The van der Waals surface area contributed by atoms with Gasteiger partial charge in [-0.2, -0.15) is 0 Å². The Labute approximate surface area is 106 Å². The molecule has 0 aromatic rings. The third-order valence-electron chi connectivity index (χ3n) is 2.18. The summed E-state index contributed by atoms with van der Waals surface area (Å²) in [5.74, 6) is 0. The van der Waals surface area contributed by atoms with E-state index in [0.717, 1.165) is 23.9 Å². The van der Waals surface area contributed by atoms with Crippen molar-refractivity contribution in [2.75, 3.05) is 32.9 Å². The van der Waals surface area contributed by atoms with E-state index in [1.165, 1.54) is 0 Å². The first-order valence-electron chi connectivity index (χ1n) is 6.37. The number of rotatable bonds is 11. The summed E-state index contributed by atoms with van der Waals surface area (Å²) in [6.45, 7) is 12.2. The molecule has 0 atom stereocenters. The molecule has 0 aliphatic carbocycles. The topological polar surface area (TPSA) is 39.7 Å². The van der Waals surface area contributed by atoms with Crippen LogP contribution in [0.3, 0.4) is 0 Å². The van der Waals surface area contributed by atoms with E-state index in [9.17, 15) is 0 Å². The molecular formula is C11H27NO3Sn. The molecule has 1 N–H and O–H groups in total. The Morgan fingerprint density at radius 3 is 1.75 bits per heavy atom. The Balaban J connectivity index is 4.12. The van der Waals surface area contributed by atoms with Gasteiger partial charge in [-0.25, -0.2) is 0 Å². The van der Waals surface area contributed by atoms with E-state index in [1.807, 2.05) is 20.8 Å². The number of nitrogens with one attached hydrogen (secondary N) is 1. The fraction of sp³-hybridized carbons (Fsp3) is 1.00. The Morgan fingerprint density at radius 1 is 0.875 bits per heavy atom. The summed E-state index contributed by atoms with van der Waals surface area (Å²) < 4.78 is 18.5. The SMILES string of the molecule is CCNCC[CH2][Sn]([O]CC)([O]CC)[O]CC. The first-order chi connectivity index (χ1) is 7.74. The van der Waals surface area contributed by atoms with Crippen molar-refractivity contribution in [3.8, 4) is 0 Å². The zero-order chi connectivity index (χ0) is 12.3. The summed E-state index contributed by atoms with van der Waals surface area (Å²) in [7, 11) is 0. The second kappa shape index (κ2) is 10.8. The molecule has 0 aliphatic rings. The van der Waals surface area contributed by atoms with Crippen LogP contribution >= 0.6 is 0 Å². The van der Waals surface area contributed by atoms with E-state index < -0.39 is 19.6 Å². The van der Waals surface area contributed by atoms with Crippen molar-refractivity contribution in [1.29, 1.82) is 0 Å². The van der Waals surface area contributed by atoms with Crippen LogP contribution in [0, 0.1) is 0 Å². The molecule has 5 heteroatoms. The number of hydrogen-bond donors (Lipinski definition) is 1. The quantitative estimate of drug-likeness (QED) is 0.462. The van der Waals surface area contributed by atoms with Gasteiger partial charge in [0, 0.05) is 0 Å². The second-order valence-electron chi connectivity index (χ2n) is 3.44. The van der Waals surface area contributed by atoms with Gasteiger partial charge < -0.3 is 0 Å². The molecule has 98 valence electrons. The van der Waals surface area contributed by atoms with Crippen LogP contribution in [0.4, 0.5) is 0 Å². The summed E-state index contributed by atoms with van der Waals surface area (Å²) in [6.07, 6.45) is 1.07. The van der Waals surface area contributed by atoms with Gasteiger partial charge >= 0.3 is 106 Å². The van der Waals surface area contributed by atoms with Gasteiger partial charge in [0.25, 0.3) is 0 Å². The van der Waals surface area contributed by atoms with Crippen LogP contribution < -0.4 is 5.32 Å². The van der Waals surface area contributed by atoms with Crippen LogP contribution in [0.5, 0.6) is 0 Å². The maximum absolute atomic E-state index is 5.83. The average molecular weight is 340 g/mol. The van der Waals surface area contributed by atoms with Crippen molar-refractivity contribution in [2.45, 2.75) is 38.6 Å². The standard InChI is InChI=1S/C5H12N.3C2H5O.Sn/c1-3-5-6-4-2;3*1-2-3;/h6H,1,3-5H2,2H3;3*2H2,1H3;/q;3*-1;+3. The molecule has 4 nitrogen and oxygen atoms in total. The van der Waals surface area contributed by atoms with Crippen molar-refractivity contribution in [1.82, 2.24) is 5.32 Å². The van der Waals surface area contributed by atoms with Crippen LogP contribution in [-0.2, 0) is 9.22 Å². The molecular weight excluding hydrogens is 313 g/mol. The summed E-state index contributed by atoms with van der Waals surface area (Å²) in [5.41, 5.74) is 0. The Hall–Kier alpha value is 0.639. The fourth-order valence-electron chi connectivity index (χ4n) is 1.61. The van der Waals surface area contributed by atoms with Crippen LogP contribution in [-0.4, -0.2) is 52.5 Å². The predicted octanol–water partition coefficient (Wildman–Crippen LogP) is 2.03. The molecule has 0 amide bonds. The minimum atomic E-state index is -3.18. The second-order valence-corrected chi connectivity index (χ2v) is 11.2. The van der Waals surface area contributed by atoms with E-state index in [2.05, 4.69) is 12.2 Å². The third kappa shape index (κ3) is 7.06. The summed E-state index contributed by atoms with van der Waals surface area (Å²) in [5, 5.41) is 3.31. The van der Waals surface area contributed by atoms with Gasteiger partial charge in [-0.05, 0) is 0 Å². The first-order valence-corrected chi connectivity index (χ1v) is 11.9. The van der Waals surface area contributed by atoms with Gasteiger partial charge in [-0.1, -0.05) is 0 Å². The molecule has 0 fully saturated rings. The summed E-state index contributed by atoms with van der Waals surface area (Å²) in [4.78, 5) is 0. The predicted molar refractivity (Wildman–Crippen MR) is 68.6 cm³/mol. The molecule has 0 aliphatic heterocycles. The van der Waals surface area contributed by atoms with Crippen molar-refractivity contribution >= 4 is 19.6 Å². The molecule has 0 rings (SSSR count). The third-order valence-corrected chi connectivity index (χ3v) is 11.2. The minimum absolute atomic E-state index is 0.692. The molecule has 0 saturated heterocycles. The van der Waals surface area contributed by atoms with Gasteiger partial charge in [0.1, 0.15) is 0 Å². The summed E-state index contributed by atoms with van der Waals surface area (Å²) >= 11 is -3.18. The molecule has 0 heterocycles. The van der Waals surface area contributed by atoms with E-state index in [4.69, 9.17) is 9.22 Å². The van der Waals surface area contributed by atoms with E-state index in [0.29, 0.717) is 19.8 Å². The zero-order valence-corrected chi connectivity index (χ0v) is 14.0. The summed E-state index contributed by atoms with van der Waals surface area (Å²) in [6, 6.07) is 0. The first kappa shape index (κ1) is 16.6. The zero-order valence-electron chi connectivity index (χ0n) is 11.2. The average Bonchev–Trinajstić information content (AvgIpc) is 2.26. The Kier molecular flexibility index (Phi) is 11.2. The van der Waals surface area contributed by atoms with Gasteiger partial charge in [0.2, 0.25) is 0 Å². The van der Waals surface area contributed by atoms with Crippen LogP contribution in [0.2, 0.25) is 4.44 Å². The van der Waals surface area contributed by atoms with E-state index in [1.54, 1.807) is 0 Å². The van der Waals surface area contributed by atoms with E-state index in [-0.39, 0.29) is 0 Å². The normalized spacial score (nSPS) is 12.0. The van der Waals surface area contributed by atoms with Gasteiger partial charge in [-0.3, -0.25) is 0 Å². The molecule has 16 heavy (non-hydrogen) atoms. The molecule has 0 radical (unpaired) electrons. The van der Waals surface area contributed by atoms with Gasteiger partial charge in [0.05, 0.1) is 0 Å². The molecule has 0 saturated carbocycles. The van der Waals surface area contributed by atoms with Crippen LogP contribution in [0.15, 0.2) is 0 Å². The van der Waals surface area contributed by atoms with Crippen molar-refractivity contribution in [3.05, 3.63) is 0 Å². The van der Waals surface area contributed by atoms with Crippen molar-refractivity contribution < 1.29 is 9.22 Å².